The van der Waals surface area contributed by atoms with Crippen LogP contribution in [-0.2, 0) is 4.79 Å². The van der Waals surface area contributed by atoms with Gasteiger partial charge in [-0.1, -0.05) is 18.2 Å². The Hall–Kier alpha value is -1.71. The molecule has 4 heteroatoms. The molecular weight excluding hydrogens is 180 g/mol. The summed E-state index contributed by atoms with van der Waals surface area (Å²) in [6.45, 7) is 4.40. The summed E-state index contributed by atoms with van der Waals surface area (Å²) in [5.74, 6) is -1.12. The first kappa shape index (κ1) is 12.3. The van der Waals surface area contributed by atoms with E-state index in [0.717, 1.165) is 5.57 Å². The number of carboxylic acid groups (broad SMARTS) is 1. The van der Waals surface area contributed by atoms with E-state index in [1.165, 1.54) is 6.20 Å². The Morgan fingerprint density at radius 3 is 2.57 bits per heavy atom. The second-order valence-electron chi connectivity index (χ2n) is 2.65. The van der Waals surface area contributed by atoms with Gasteiger partial charge in [0.2, 0.25) is 0 Å². The highest BCUT2D eigenvalue weighted by atomic mass is 16.4. The van der Waals surface area contributed by atoms with E-state index in [1.807, 2.05) is 32.1 Å². The van der Waals surface area contributed by atoms with Crippen LogP contribution in [0.15, 0.2) is 35.7 Å². The molecule has 4 nitrogen and oxygen atoms in total. The minimum atomic E-state index is -1.12. The summed E-state index contributed by atoms with van der Waals surface area (Å²) in [5.41, 5.74) is 6.06. The summed E-state index contributed by atoms with van der Waals surface area (Å²) in [6, 6.07) is 0. The van der Waals surface area contributed by atoms with Gasteiger partial charge < -0.3 is 16.2 Å². The van der Waals surface area contributed by atoms with Gasteiger partial charge in [-0.25, -0.2) is 4.79 Å². The normalized spacial score (nSPS) is 13.3. The molecule has 0 rings (SSSR count). The van der Waals surface area contributed by atoms with Crippen molar-refractivity contribution in [1.29, 1.82) is 0 Å². The molecule has 14 heavy (non-hydrogen) atoms. The van der Waals surface area contributed by atoms with Gasteiger partial charge >= 0.3 is 5.97 Å². The lowest BCUT2D eigenvalue weighted by atomic mass is 10.2. The molecule has 0 aliphatic rings. The second-order valence-corrected chi connectivity index (χ2v) is 2.65. The highest BCUT2D eigenvalue weighted by Crippen LogP contribution is 1.94. The van der Waals surface area contributed by atoms with Crippen molar-refractivity contribution in [2.24, 2.45) is 5.73 Å². The summed E-state index contributed by atoms with van der Waals surface area (Å²) >= 11 is 0. The summed E-state index contributed by atoms with van der Waals surface area (Å²) < 4.78 is 0. The largest absolute Gasteiger partial charge is 0.477 e. The van der Waals surface area contributed by atoms with E-state index in [4.69, 9.17) is 10.8 Å². The molecule has 0 bridgehead atoms. The zero-order valence-electron chi connectivity index (χ0n) is 8.45. The van der Waals surface area contributed by atoms with Crippen LogP contribution in [0.3, 0.4) is 0 Å². The smallest absolute Gasteiger partial charge is 0.353 e. The van der Waals surface area contributed by atoms with Crippen molar-refractivity contribution in [3.63, 3.8) is 0 Å². The third-order valence-corrected chi connectivity index (χ3v) is 1.56. The third-order valence-electron chi connectivity index (χ3n) is 1.56. The van der Waals surface area contributed by atoms with Crippen LogP contribution in [0.4, 0.5) is 0 Å². The lowest BCUT2D eigenvalue weighted by Crippen LogP contribution is -2.17. The number of aliphatic carboxylic acids is 1. The van der Waals surface area contributed by atoms with E-state index in [-0.39, 0.29) is 5.70 Å². The zero-order chi connectivity index (χ0) is 11.0. The predicted octanol–water partition coefficient (Wildman–Crippen LogP) is 0.983. The Kier molecular flexibility index (Phi) is 5.94. The molecule has 0 saturated heterocycles. The topological polar surface area (TPSA) is 75.3 Å². The van der Waals surface area contributed by atoms with Crippen molar-refractivity contribution in [2.45, 2.75) is 13.8 Å². The molecular formula is C10H16N2O2. The van der Waals surface area contributed by atoms with Crippen LogP contribution in [0, 0.1) is 0 Å². The molecule has 0 aliphatic heterocycles. The van der Waals surface area contributed by atoms with Crippen molar-refractivity contribution in [3.8, 4) is 0 Å². The molecule has 0 aromatic rings. The fraction of sp³-hybridized carbons (Fsp3) is 0.300. The van der Waals surface area contributed by atoms with Crippen LogP contribution in [0.2, 0.25) is 0 Å². The number of hydrogen-bond acceptors (Lipinski definition) is 3. The van der Waals surface area contributed by atoms with Crippen LogP contribution >= 0.6 is 0 Å². The first-order valence-corrected chi connectivity index (χ1v) is 4.32. The van der Waals surface area contributed by atoms with Crippen molar-refractivity contribution in [1.82, 2.24) is 5.32 Å². The predicted molar refractivity (Wildman–Crippen MR) is 56.5 cm³/mol. The van der Waals surface area contributed by atoms with E-state index in [2.05, 4.69) is 5.32 Å². The van der Waals surface area contributed by atoms with Crippen LogP contribution in [0.5, 0.6) is 0 Å². The highest BCUT2D eigenvalue weighted by molar-refractivity contribution is 5.85. The van der Waals surface area contributed by atoms with Crippen molar-refractivity contribution < 1.29 is 9.90 Å². The number of rotatable bonds is 5. The fourth-order valence-electron chi connectivity index (χ4n) is 0.812. The molecule has 0 heterocycles. The molecule has 0 fully saturated rings. The number of allylic oxidation sites excluding steroid dienone is 2. The van der Waals surface area contributed by atoms with E-state index in [9.17, 15) is 4.79 Å². The second kappa shape index (κ2) is 6.77. The first-order chi connectivity index (χ1) is 6.61. The number of nitrogens with two attached hydrogens (primary N) is 1. The Labute approximate surface area is 83.8 Å². The van der Waals surface area contributed by atoms with Crippen molar-refractivity contribution >= 4 is 5.97 Å². The summed E-state index contributed by atoms with van der Waals surface area (Å²) in [7, 11) is 0. The molecule has 0 radical (unpaired) electrons. The maximum atomic E-state index is 10.3. The van der Waals surface area contributed by atoms with Gasteiger partial charge in [0, 0.05) is 12.7 Å². The SMILES string of the molecule is C/C=C\C(=C/C)CN/C=C(\N)C(=O)O. The van der Waals surface area contributed by atoms with E-state index in [0.29, 0.717) is 6.54 Å². The lowest BCUT2D eigenvalue weighted by Gasteiger charge is -2.02. The number of carboxylic acids is 1. The van der Waals surface area contributed by atoms with Gasteiger partial charge in [0.1, 0.15) is 5.70 Å². The van der Waals surface area contributed by atoms with Gasteiger partial charge in [-0.15, -0.1) is 0 Å². The minimum absolute atomic E-state index is 0.194. The monoisotopic (exact) mass is 196 g/mol. The summed E-state index contributed by atoms with van der Waals surface area (Å²) in [5, 5.41) is 11.3. The third kappa shape index (κ3) is 5.03. The molecule has 78 valence electrons. The highest BCUT2D eigenvalue weighted by Gasteiger charge is 1.98. The van der Waals surface area contributed by atoms with Gasteiger partial charge in [-0.2, -0.15) is 0 Å². The maximum Gasteiger partial charge on any atom is 0.353 e. The molecule has 0 aliphatic carbocycles. The van der Waals surface area contributed by atoms with Crippen LogP contribution in [0.25, 0.3) is 0 Å². The molecule has 0 atom stereocenters. The Morgan fingerprint density at radius 2 is 2.14 bits per heavy atom. The summed E-state index contributed by atoms with van der Waals surface area (Å²) in [6.07, 6.45) is 7.09. The Balaban J connectivity index is 4.07. The van der Waals surface area contributed by atoms with E-state index >= 15 is 0 Å². The number of hydrogen-bond donors (Lipinski definition) is 3. The maximum absolute atomic E-state index is 10.3. The number of carbonyl (C=O) groups is 1. The van der Waals surface area contributed by atoms with E-state index in [1.54, 1.807) is 0 Å². The quantitative estimate of drug-likeness (QED) is 0.452. The van der Waals surface area contributed by atoms with Crippen LogP contribution in [-0.4, -0.2) is 17.6 Å². The van der Waals surface area contributed by atoms with Gasteiger partial charge in [-0.3, -0.25) is 0 Å². The minimum Gasteiger partial charge on any atom is -0.477 e. The van der Waals surface area contributed by atoms with Gasteiger partial charge in [0.15, 0.2) is 0 Å². The average Bonchev–Trinajstić information content (AvgIpc) is 2.16. The molecule has 4 N–H and O–H groups in total. The van der Waals surface area contributed by atoms with Gasteiger partial charge in [0.05, 0.1) is 0 Å². The standard InChI is InChI=1S/C10H16N2O2/c1-3-5-8(4-2)6-12-7-9(11)10(13)14/h3-5,7,12H,6,11H2,1-2H3,(H,13,14)/b5-3-,8-4+,9-7-. The van der Waals surface area contributed by atoms with Crippen LogP contribution < -0.4 is 11.1 Å². The molecule has 0 amide bonds. The summed E-state index contributed by atoms with van der Waals surface area (Å²) in [4.78, 5) is 10.3. The molecule has 0 aromatic heterocycles. The van der Waals surface area contributed by atoms with Gasteiger partial charge in [-0.05, 0) is 19.4 Å². The van der Waals surface area contributed by atoms with Crippen molar-refractivity contribution in [2.75, 3.05) is 6.54 Å². The fourth-order valence-corrected chi connectivity index (χ4v) is 0.812. The Morgan fingerprint density at radius 1 is 1.50 bits per heavy atom. The molecule has 0 saturated carbocycles. The average molecular weight is 196 g/mol. The Bertz CT molecular complexity index is 278. The lowest BCUT2D eigenvalue weighted by molar-refractivity contribution is -0.132. The van der Waals surface area contributed by atoms with Crippen molar-refractivity contribution in [3.05, 3.63) is 35.7 Å². The number of nitrogens with one attached hydrogen (secondary N) is 1. The molecule has 0 unspecified atom stereocenters. The zero-order valence-corrected chi connectivity index (χ0v) is 8.45. The van der Waals surface area contributed by atoms with E-state index < -0.39 is 5.97 Å². The molecule has 0 spiro atoms. The molecule has 0 aromatic carbocycles. The van der Waals surface area contributed by atoms with Crippen LogP contribution in [0.1, 0.15) is 13.8 Å². The van der Waals surface area contributed by atoms with Gasteiger partial charge in [0.25, 0.3) is 0 Å². The first-order valence-electron chi connectivity index (χ1n) is 4.32.